The summed E-state index contributed by atoms with van der Waals surface area (Å²) in [5.74, 6) is -1.02. The molecule has 0 aliphatic heterocycles. The maximum absolute atomic E-state index is 12.8. The highest BCUT2D eigenvalue weighted by Gasteiger charge is 2.04. The van der Waals surface area contributed by atoms with Gasteiger partial charge in [0.15, 0.2) is 0 Å². The summed E-state index contributed by atoms with van der Waals surface area (Å²) >= 11 is 0. The quantitative estimate of drug-likeness (QED) is 0.689. The standard InChI is InChI=1S/C8H9F2NO/c1-11(12)5-6-4-7(9)2-3-8(6)10/h2-4,12H,5H2,1H3. The number of rotatable bonds is 2. The average Bonchev–Trinajstić information content (AvgIpc) is 1.96. The van der Waals surface area contributed by atoms with Crippen molar-refractivity contribution in [1.29, 1.82) is 0 Å². The van der Waals surface area contributed by atoms with Crippen molar-refractivity contribution < 1.29 is 14.0 Å². The third kappa shape index (κ3) is 2.25. The molecule has 1 aromatic rings. The molecule has 0 spiro atoms. The Hall–Kier alpha value is -1.00. The minimum Gasteiger partial charge on any atom is -0.314 e. The third-order valence-electron chi connectivity index (χ3n) is 1.41. The van der Waals surface area contributed by atoms with E-state index in [1.54, 1.807) is 0 Å². The molecular formula is C8H9F2NO. The summed E-state index contributed by atoms with van der Waals surface area (Å²) < 4.78 is 25.4. The molecule has 2 nitrogen and oxygen atoms in total. The Morgan fingerprint density at radius 2 is 2.08 bits per heavy atom. The summed E-state index contributed by atoms with van der Waals surface area (Å²) in [4.78, 5) is 0. The molecule has 1 aromatic carbocycles. The number of hydroxylamine groups is 2. The van der Waals surface area contributed by atoms with Crippen molar-refractivity contribution in [2.45, 2.75) is 6.54 Å². The third-order valence-corrected chi connectivity index (χ3v) is 1.41. The summed E-state index contributed by atoms with van der Waals surface area (Å²) in [7, 11) is 1.37. The fourth-order valence-corrected chi connectivity index (χ4v) is 0.911. The Bertz CT molecular complexity index is 276. The predicted molar refractivity (Wildman–Crippen MR) is 39.6 cm³/mol. The second-order valence-corrected chi connectivity index (χ2v) is 2.55. The van der Waals surface area contributed by atoms with E-state index >= 15 is 0 Å². The van der Waals surface area contributed by atoms with Crippen LogP contribution in [0.3, 0.4) is 0 Å². The monoisotopic (exact) mass is 173 g/mol. The number of hydrogen-bond acceptors (Lipinski definition) is 2. The van der Waals surface area contributed by atoms with E-state index in [0.29, 0.717) is 0 Å². The number of hydrogen-bond donors (Lipinski definition) is 1. The summed E-state index contributed by atoms with van der Waals surface area (Å²) in [5.41, 5.74) is 0.139. The Labute approximate surface area is 69.0 Å². The molecule has 12 heavy (non-hydrogen) atoms. The van der Waals surface area contributed by atoms with Crippen LogP contribution in [0.1, 0.15) is 5.56 Å². The lowest BCUT2D eigenvalue weighted by molar-refractivity contribution is -0.0738. The van der Waals surface area contributed by atoms with Crippen LogP contribution in [0.2, 0.25) is 0 Å². The predicted octanol–water partition coefficient (Wildman–Crippen LogP) is 1.79. The van der Waals surface area contributed by atoms with Gasteiger partial charge in [0.1, 0.15) is 11.6 Å². The Kier molecular flexibility index (Phi) is 2.73. The summed E-state index contributed by atoms with van der Waals surface area (Å²) in [6, 6.07) is 3.13. The first-order chi connectivity index (χ1) is 5.59. The van der Waals surface area contributed by atoms with Gasteiger partial charge in [-0.2, -0.15) is 5.06 Å². The van der Waals surface area contributed by atoms with Crippen LogP contribution in [0.25, 0.3) is 0 Å². The summed E-state index contributed by atoms with van der Waals surface area (Å²) in [6.45, 7) is -0.0242. The highest BCUT2D eigenvalue weighted by Crippen LogP contribution is 2.10. The van der Waals surface area contributed by atoms with Crippen molar-refractivity contribution in [3.8, 4) is 0 Å². The molecule has 0 saturated carbocycles. The van der Waals surface area contributed by atoms with Gasteiger partial charge >= 0.3 is 0 Å². The molecule has 0 bridgehead atoms. The second kappa shape index (κ2) is 3.60. The first kappa shape index (κ1) is 9.09. The van der Waals surface area contributed by atoms with Crippen molar-refractivity contribution in [3.05, 3.63) is 35.4 Å². The molecule has 0 saturated heterocycles. The number of benzene rings is 1. The van der Waals surface area contributed by atoms with E-state index in [2.05, 4.69) is 0 Å². The zero-order valence-corrected chi connectivity index (χ0v) is 6.59. The molecule has 0 amide bonds. The van der Waals surface area contributed by atoms with Crippen LogP contribution in [0.4, 0.5) is 8.78 Å². The van der Waals surface area contributed by atoms with Crippen LogP contribution >= 0.6 is 0 Å². The molecule has 0 atom stereocenters. The lowest BCUT2D eigenvalue weighted by atomic mass is 10.2. The van der Waals surface area contributed by atoms with Gasteiger partial charge in [-0.1, -0.05) is 0 Å². The lowest BCUT2D eigenvalue weighted by Gasteiger charge is -2.08. The molecule has 0 fully saturated rings. The van der Waals surface area contributed by atoms with Crippen LogP contribution in [-0.2, 0) is 6.54 Å². The minimum atomic E-state index is -0.516. The van der Waals surface area contributed by atoms with Crippen molar-refractivity contribution in [3.63, 3.8) is 0 Å². The van der Waals surface area contributed by atoms with Gasteiger partial charge in [0.2, 0.25) is 0 Å². The largest absolute Gasteiger partial charge is 0.314 e. The Balaban J connectivity index is 2.90. The fraction of sp³-hybridized carbons (Fsp3) is 0.250. The SMILES string of the molecule is CN(O)Cc1cc(F)ccc1F. The van der Waals surface area contributed by atoms with E-state index in [1.807, 2.05) is 0 Å². The van der Waals surface area contributed by atoms with Gasteiger partial charge < -0.3 is 5.21 Å². The van der Waals surface area contributed by atoms with Crippen molar-refractivity contribution in [1.82, 2.24) is 5.06 Å². The molecule has 0 aromatic heterocycles. The molecule has 1 rings (SSSR count). The summed E-state index contributed by atoms with van der Waals surface area (Å²) in [5, 5.41) is 9.55. The normalized spacial score (nSPS) is 10.8. The average molecular weight is 173 g/mol. The fourth-order valence-electron chi connectivity index (χ4n) is 0.911. The number of halogens is 2. The van der Waals surface area contributed by atoms with E-state index in [-0.39, 0.29) is 12.1 Å². The van der Waals surface area contributed by atoms with Crippen molar-refractivity contribution in [2.24, 2.45) is 0 Å². The molecular weight excluding hydrogens is 164 g/mol. The van der Waals surface area contributed by atoms with Gasteiger partial charge in [-0.05, 0) is 18.2 Å². The molecule has 4 heteroatoms. The molecule has 1 N–H and O–H groups in total. The van der Waals surface area contributed by atoms with E-state index in [4.69, 9.17) is 5.21 Å². The molecule has 0 radical (unpaired) electrons. The van der Waals surface area contributed by atoms with E-state index < -0.39 is 11.6 Å². The molecule has 0 heterocycles. The van der Waals surface area contributed by atoms with Gasteiger partial charge in [0.05, 0.1) is 6.54 Å². The molecule has 0 unspecified atom stereocenters. The minimum absolute atomic E-state index is 0.0242. The van der Waals surface area contributed by atoms with Crippen molar-refractivity contribution in [2.75, 3.05) is 7.05 Å². The topological polar surface area (TPSA) is 23.5 Å². The van der Waals surface area contributed by atoms with Gasteiger partial charge in [-0.15, -0.1) is 0 Å². The van der Waals surface area contributed by atoms with Gasteiger partial charge in [-0.3, -0.25) is 0 Å². The summed E-state index contributed by atoms with van der Waals surface area (Å²) in [6.07, 6.45) is 0. The lowest BCUT2D eigenvalue weighted by Crippen LogP contribution is -2.12. The first-order valence-corrected chi connectivity index (χ1v) is 3.43. The van der Waals surface area contributed by atoms with Crippen LogP contribution < -0.4 is 0 Å². The van der Waals surface area contributed by atoms with Gasteiger partial charge in [0, 0.05) is 12.6 Å². The highest BCUT2D eigenvalue weighted by atomic mass is 19.1. The highest BCUT2D eigenvalue weighted by molar-refractivity contribution is 5.18. The van der Waals surface area contributed by atoms with Crippen LogP contribution in [-0.4, -0.2) is 17.3 Å². The van der Waals surface area contributed by atoms with Crippen molar-refractivity contribution >= 4 is 0 Å². The first-order valence-electron chi connectivity index (χ1n) is 3.43. The molecule has 0 aliphatic rings. The van der Waals surface area contributed by atoms with E-state index in [0.717, 1.165) is 23.3 Å². The zero-order valence-electron chi connectivity index (χ0n) is 6.59. The molecule has 66 valence electrons. The Morgan fingerprint density at radius 1 is 1.42 bits per heavy atom. The maximum atomic E-state index is 12.8. The van der Waals surface area contributed by atoms with Crippen LogP contribution in [0, 0.1) is 11.6 Å². The molecule has 0 aliphatic carbocycles. The van der Waals surface area contributed by atoms with Gasteiger partial charge in [0.25, 0.3) is 0 Å². The van der Waals surface area contributed by atoms with Crippen LogP contribution in [0.5, 0.6) is 0 Å². The van der Waals surface area contributed by atoms with E-state index in [9.17, 15) is 8.78 Å². The van der Waals surface area contributed by atoms with Crippen LogP contribution in [0.15, 0.2) is 18.2 Å². The second-order valence-electron chi connectivity index (χ2n) is 2.55. The maximum Gasteiger partial charge on any atom is 0.127 e. The smallest absolute Gasteiger partial charge is 0.127 e. The van der Waals surface area contributed by atoms with Gasteiger partial charge in [-0.25, -0.2) is 8.78 Å². The zero-order chi connectivity index (χ0) is 9.14. The Morgan fingerprint density at radius 3 is 2.67 bits per heavy atom. The number of nitrogens with zero attached hydrogens (tertiary/aromatic N) is 1. The van der Waals surface area contributed by atoms with E-state index in [1.165, 1.54) is 7.05 Å².